The van der Waals surface area contributed by atoms with Crippen LogP contribution in [0.1, 0.15) is 433 Å². The van der Waals surface area contributed by atoms with Crippen molar-refractivity contribution in [2.45, 2.75) is 451 Å². The van der Waals surface area contributed by atoms with Crippen molar-refractivity contribution in [3.8, 4) is 0 Å². The number of allylic oxidation sites excluding steroid dienone is 4. The van der Waals surface area contributed by atoms with Gasteiger partial charge in [-0.25, -0.2) is 9.13 Å². The molecule has 0 fully saturated rings. The molecule has 0 aromatic heterocycles. The summed E-state index contributed by atoms with van der Waals surface area (Å²) in [6.45, 7) is 7.25. The van der Waals surface area contributed by atoms with Gasteiger partial charge in [-0.15, -0.1) is 0 Å². The number of rotatable bonds is 83. The number of hydrogen-bond donors (Lipinski definition) is 3. The SMILES string of the molecule is CCCCCC/C=C\C=C/CCCCCCCC(=O)O[C@H](COC(=O)CCCCCCC)COP(=O)(O)OC[C@H](O)COP(=O)(O)OC[C@@H](COC(=O)CCCCCCCCCCCCCCCCCCCCCCCC)OC(=O)CCCCCCCCCCCCCCCCCCCCC(C)CC. The van der Waals surface area contributed by atoms with E-state index in [9.17, 15) is 43.2 Å². The summed E-state index contributed by atoms with van der Waals surface area (Å²) in [4.78, 5) is 72.8. The van der Waals surface area contributed by atoms with Crippen LogP contribution in [0, 0.1) is 5.92 Å². The molecule has 0 aliphatic rings. The summed E-state index contributed by atoms with van der Waals surface area (Å²) in [6.07, 6.45) is 73.6. The molecule has 17 nitrogen and oxygen atoms in total. The maximum absolute atomic E-state index is 13.1. The number of carbonyl (C=O) groups is 4. The highest BCUT2D eigenvalue weighted by atomic mass is 31.2. The van der Waals surface area contributed by atoms with Gasteiger partial charge in [0.2, 0.25) is 0 Å². The van der Waals surface area contributed by atoms with E-state index < -0.39 is 97.5 Å². The normalized spacial score (nSPS) is 14.2. The number of unbranched alkanes of at least 4 members (excludes halogenated alkanes) is 51. The lowest BCUT2D eigenvalue weighted by Gasteiger charge is -2.21. The maximum Gasteiger partial charge on any atom is 0.472 e. The molecule has 0 aliphatic carbocycles. The third-order valence-corrected chi connectivity index (χ3v) is 21.7. The van der Waals surface area contributed by atoms with Crippen LogP contribution in [0.15, 0.2) is 24.3 Å². The van der Waals surface area contributed by atoms with Gasteiger partial charge in [0.1, 0.15) is 19.3 Å². The van der Waals surface area contributed by atoms with Crippen molar-refractivity contribution in [3.63, 3.8) is 0 Å². The fourth-order valence-electron chi connectivity index (χ4n) is 12.7. The molecule has 0 saturated heterocycles. The standard InChI is InChI=1S/C85H162O17P2/c1-6-10-13-16-18-20-22-24-26-27-28-29-30-31-35-39-42-46-50-54-59-64-69-83(88)96-75-81(102-85(90)71-66-61-56-52-48-44-40-36-33-32-34-38-41-45-49-53-58-62-67-78(5)9-4)77-100-104(93,94)98-73-79(86)72-97-103(91,92)99-76-80(74-95-82(87)68-63-57-15-12-8-3)101-84(89)70-65-60-55-51-47-43-37-25-23-21-19-17-14-11-7-2/h21,23,25,37,78-81,86H,6-20,22,24,26-36,38-77H2,1-5H3,(H,91,92)(H,93,94)/b23-21-,37-25-/t78?,79-,80+,81+/m0/s1. The van der Waals surface area contributed by atoms with Crippen molar-refractivity contribution in [2.24, 2.45) is 5.92 Å². The van der Waals surface area contributed by atoms with Crippen LogP contribution in [-0.2, 0) is 65.4 Å². The Balaban J connectivity index is 5.12. The first-order chi connectivity index (χ1) is 50.6. The smallest absolute Gasteiger partial charge is 0.462 e. The number of aliphatic hydroxyl groups is 1. The lowest BCUT2D eigenvalue weighted by Crippen LogP contribution is -2.30. The van der Waals surface area contributed by atoms with Crippen LogP contribution in [-0.4, -0.2) is 96.7 Å². The molecule has 0 radical (unpaired) electrons. The number of ether oxygens (including phenoxy) is 4. The predicted molar refractivity (Wildman–Crippen MR) is 428 cm³/mol. The van der Waals surface area contributed by atoms with E-state index in [-0.39, 0.29) is 25.7 Å². The van der Waals surface area contributed by atoms with E-state index in [1.165, 1.54) is 238 Å². The first-order valence-electron chi connectivity index (χ1n) is 43.5. The van der Waals surface area contributed by atoms with Gasteiger partial charge in [0.25, 0.3) is 0 Å². The monoisotopic (exact) mass is 1520 g/mol. The van der Waals surface area contributed by atoms with Crippen LogP contribution in [0.2, 0.25) is 0 Å². The van der Waals surface area contributed by atoms with Gasteiger partial charge in [0.15, 0.2) is 12.2 Å². The molecule has 0 bridgehead atoms. The van der Waals surface area contributed by atoms with Crippen molar-refractivity contribution in [1.29, 1.82) is 0 Å². The van der Waals surface area contributed by atoms with E-state index in [1.54, 1.807) is 0 Å². The molecule has 6 atom stereocenters. The second-order valence-corrected chi connectivity index (χ2v) is 33.0. The predicted octanol–water partition coefficient (Wildman–Crippen LogP) is 25.5. The Bertz CT molecular complexity index is 2080. The molecule has 0 rings (SSSR count). The molecule has 3 N–H and O–H groups in total. The van der Waals surface area contributed by atoms with E-state index in [1.807, 2.05) is 0 Å². The Labute approximate surface area is 637 Å². The van der Waals surface area contributed by atoms with Crippen molar-refractivity contribution in [1.82, 2.24) is 0 Å². The number of phosphoric acid groups is 2. The molecule has 614 valence electrons. The number of phosphoric ester groups is 2. The van der Waals surface area contributed by atoms with E-state index >= 15 is 0 Å². The minimum atomic E-state index is -4.97. The molecule has 0 aromatic carbocycles. The Morgan fingerprint density at radius 1 is 0.308 bits per heavy atom. The summed E-state index contributed by atoms with van der Waals surface area (Å²) >= 11 is 0. The summed E-state index contributed by atoms with van der Waals surface area (Å²) in [7, 11) is -9.93. The third kappa shape index (κ3) is 76.3. The summed E-state index contributed by atoms with van der Waals surface area (Å²) in [5.41, 5.74) is 0. The third-order valence-electron chi connectivity index (χ3n) is 19.8. The van der Waals surface area contributed by atoms with Crippen molar-refractivity contribution >= 4 is 39.5 Å². The lowest BCUT2D eigenvalue weighted by molar-refractivity contribution is -0.161. The van der Waals surface area contributed by atoms with Gasteiger partial charge < -0.3 is 33.8 Å². The Kier molecular flexibility index (Phi) is 75.4. The molecule has 0 amide bonds. The average Bonchev–Trinajstić information content (AvgIpc) is 0.913. The van der Waals surface area contributed by atoms with Crippen LogP contribution in [0.4, 0.5) is 0 Å². The number of hydrogen-bond acceptors (Lipinski definition) is 15. The first-order valence-corrected chi connectivity index (χ1v) is 46.5. The highest BCUT2D eigenvalue weighted by Gasteiger charge is 2.30. The average molecular weight is 1520 g/mol. The summed E-state index contributed by atoms with van der Waals surface area (Å²) < 4.78 is 68.5. The molecule has 0 aliphatic heterocycles. The van der Waals surface area contributed by atoms with E-state index in [2.05, 4.69) is 58.9 Å². The molecular formula is C85H162O17P2. The zero-order valence-electron chi connectivity index (χ0n) is 67.7. The Hall–Kier alpha value is -2.46. The Morgan fingerprint density at radius 2 is 0.538 bits per heavy atom. The highest BCUT2D eigenvalue weighted by molar-refractivity contribution is 7.47. The van der Waals surface area contributed by atoms with Crippen molar-refractivity contribution in [2.75, 3.05) is 39.6 Å². The van der Waals surface area contributed by atoms with Crippen LogP contribution in [0.5, 0.6) is 0 Å². The number of esters is 4. The van der Waals surface area contributed by atoms with Gasteiger partial charge in [0.05, 0.1) is 26.4 Å². The molecule has 104 heavy (non-hydrogen) atoms. The van der Waals surface area contributed by atoms with Gasteiger partial charge >= 0.3 is 39.5 Å². The van der Waals surface area contributed by atoms with Gasteiger partial charge in [-0.2, -0.15) is 0 Å². The van der Waals surface area contributed by atoms with Crippen LogP contribution < -0.4 is 0 Å². The van der Waals surface area contributed by atoms with Crippen molar-refractivity contribution in [3.05, 3.63) is 24.3 Å². The molecule has 19 heteroatoms. The quantitative estimate of drug-likeness (QED) is 0.0169. The lowest BCUT2D eigenvalue weighted by atomic mass is 9.99. The summed E-state index contributed by atoms with van der Waals surface area (Å²) in [5.74, 6) is -1.28. The molecular weight excluding hydrogens is 1350 g/mol. The molecule has 0 aromatic rings. The summed E-state index contributed by atoms with van der Waals surface area (Å²) in [6, 6.07) is 0. The fraction of sp³-hybridized carbons (Fsp3) is 0.906. The number of aliphatic hydroxyl groups excluding tert-OH is 1. The zero-order chi connectivity index (χ0) is 76.2. The van der Waals surface area contributed by atoms with E-state index in [4.69, 9.17) is 37.0 Å². The maximum atomic E-state index is 13.1. The largest absolute Gasteiger partial charge is 0.472 e. The zero-order valence-corrected chi connectivity index (χ0v) is 69.4. The van der Waals surface area contributed by atoms with Gasteiger partial charge in [-0.3, -0.25) is 37.3 Å². The second kappa shape index (κ2) is 77.3. The van der Waals surface area contributed by atoms with E-state index in [0.29, 0.717) is 25.7 Å². The molecule has 0 spiro atoms. The minimum Gasteiger partial charge on any atom is -0.462 e. The second-order valence-electron chi connectivity index (χ2n) is 30.1. The molecule has 0 saturated carbocycles. The van der Waals surface area contributed by atoms with Gasteiger partial charge in [0, 0.05) is 25.7 Å². The summed E-state index contributed by atoms with van der Waals surface area (Å²) in [5, 5.41) is 10.6. The highest BCUT2D eigenvalue weighted by Crippen LogP contribution is 2.45. The Morgan fingerprint density at radius 3 is 0.817 bits per heavy atom. The fourth-order valence-corrected chi connectivity index (χ4v) is 14.3. The minimum absolute atomic E-state index is 0.0845. The number of carbonyl (C=O) groups excluding carboxylic acids is 4. The van der Waals surface area contributed by atoms with Crippen molar-refractivity contribution < 1.29 is 80.2 Å². The van der Waals surface area contributed by atoms with Crippen LogP contribution in [0.3, 0.4) is 0 Å². The molecule has 3 unspecified atom stereocenters. The van der Waals surface area contributed by atoms with E-state index in [0.717, 1.165) is 115 Å². The molecule has 0 heterocycles. The first kappa shape index (κ1) is 102. The van der Waals surface area contributed by atoms with Gasteiger partial charge in [-0.1, -0.05) is 380 Å². The van der Waals surface area contributed by atoms with Gasteiger partial charge in [-0.05, 0) is 57.3 Å². The van der Waals surface area contributed by atoms with Crippen LogP contribution in [0.25, 0.3) is 0 Å². The topological polar surface area (TPSA) is 237 Å². The van der Waals surface area contributed by atoms with Crippen LogP contribution >= 0.6 is 15.6 Å².